The van der Waals surface area contributed by atoms with Crippen LogP contribution in [0.2, 0.25) is 0 Å². The minimum Gasteiger partial charge on any atom is -0.491 e. The van der Waals surface area contributed by atoms with Gasteiger partial charge in [-0.1, -0.05) is 13.0 Å². The predicted molar refractivity (Wildman–Crippen MR) is 82.7 cm³/mol. The van der Waals surface area contributed by atoms with Crippen LogP contribution in [0.5, 0.6) is 5.75 Å². The maximum absolute atomic E-state index is 5.84. The number of hydrogen-bond donors (Lipinski definition) is 1. The van der Waals surface area contributed by atoms with E-state index in [9.17, 15) is 0 Å². The van der Waals surface area contributed by atoms with Gasteiger partial charge in [-0.05, 0) is 39.3 Å². The first-order valence-electron chi connectivity index (χ1n) is 7.19. The van der Waals surface area contributed by atoms with E-state index in [1.54, 1.807) is 0 Å². The molecule has 2 rings (SSSR count). The molecule has 0 aliphatic heterocycles. The van der Waals surface area contributed by atoms with Crippen LogP contribution in [0, 0.1) is 6.92 Å². The van der Waals surface area contributed by atoms with Crippen molar-refractivity contribution in [3.63, 3.8) is 0 Å². The van der Waals surface area contributed by atoms with Gasteiger partial charge >= 0.3 is 0 Å². The van der Waals surface area contributed by atoms with Crippen molar-refractivity contribution in [3.8, 4) is 5.75 Å². The third kappa shape index (κ3) is 3.53. The number of nitrogens with zero attached hydrogens (tertiary/aromatic N) is 2. The van der Waals surface area contributed by atoms with Gasteiger partial charge in [0.15, 0.2) is 0 Å². The molecule has 0 amide bonds. The molecule has 4 nitrogen and oxygen atoms in total. The number of ether oxygens (including phenoxy) is 1. The molecule has 1 aromatic heterocycles. The van der Waals surface area contributed by atoms with E-state index in [-0.39, 0.29) is 6.10 Å². The summed E-state index contributed by atoms with van der Waals surface area (Å²) in [7, 11) is 0. The van der Waals surface area contributed by atoms with E-state index in [1.807, 2.05) is 37.4 Å². The summed E-state index contributed by atoms with van der Waals surface area (Å²) in [5.74, 6) is 1.75. The smallest absolute Gasteiger partial charge is 0.207 e. The Morgan fingerprint density at radius 3 is 2.85 bits per heavy atom. The van der Waals surface area contributed by atoms with Gasteiger partial charge in [0.05, 0.1) is 11.8 Å². The molecule has 1 atom stereocenters. The third-order valence-corrected chi connectivity index (χ3v) is 3.24. The van der Waals surface area contributed by atoms with Gasteiger partial charge in [-0.2, -0.15) is 0 Å². The van der Waals surface area contributed by atoms with E-state index < -0.39 is 0 Å². The number of anilines is 2. The number of aromatic nitrogens is 2. The molecule has 0 saturated carbocycles. The van der Waals surface area contributed by atoms with Gasteiger partial charge in [0, 0.05) is 24.5 Å². The molecule has 0 bridgehead atoms. The van der Waals surface area contributed by atoms with E-state index in [2.05, 4.69) is 35.6 Å². The molecule has 4 heteroatoms. The van der Waals surface area contributed by atoms with Crippen molar-refractivity contribution in [1.29, 1.82) is 0 Å². The number of aryl methyl sites for hydroxylation is 2. The van der Waals surface area contributed by atoms with Gasteiger partial charge in [-0.15, -0.1) is 0 Å². The zero-order chi connectivity index (χ0) is 14.5. The Kier molecular flexibility index (Phi) is 4.66. The summed E-state index contributed by atoms with van der Waals surface area (Å²) in [6.45, 7) is 9.20. The van der Waals surface area contributed by atoms with Gasteiger partial charge < -0.3 is 14.6 Å². The highest BCUT2D eigenvalue weighted by atomic mass is 16.5. The summed E-state index contributed by atoms with van der Waals surface area (Å²) < 4.78 is 7.93. The highest BCUT2D eigenvalue weighted by molar-refractivity contribution is 5.56. The first-order valence-corrected chi connectivity index (χ1v) is 7.19. The lowest BCUT2D eigenvalue weighted by Crippen LogP contribution is -2.09. The molecule has 0 radical (unpaired) electrons. The van der Waals surface area contributed by atoms with Crippen LogP contribution in [0.1, 0.15) is 32.9 Å². The average Bonchev–Trinajstić information content (AvgIpc) is 2.79. The van der Waals surface area contributed by atoms with E-state index >= 15 is 0 Å². The van der Waals surface area contributed by atoms with Crippen LogP contribution in [0.4, 0.5) is 11.6 Å². The van der Waals surface area contributed by atoms with Gasteiger partial charge in [-0.25, -0.2) is 4.98 Å². The zero-order valence-corrected chi connectivity index (χ0v) is 12.7. The van der Waals surface area contributed by atoms with Crippen molar-refractivity contribution in [1.82, 2.24) is 9.55 Å². The van der Waals surface area contributed by atoms with Crippen LogP contribution >= 0.6 is 0 Å². The second-order valence-corrected chi connectivity index (χ2v) is 4.98. The summed E-state index contributed by atoms with van der Waals surface area (Å²) in [5, 5.41) is 3.35. The Morgan fingerprint density at radius 2 is 2.15 bits per heavy atom. The maximum Gasteiger partial charge on any atom is 0.207 e. The minimum absolute atomic E-state index is 0.227. The molecular formula is C16H23N3O. The summed E-state index contributed by atoms with van der Waals surface area (Å²) in [6, 6.07) is 8.00. The van der Waals surface area contributed by atoms with Gasteiger partial charge in [0.25, 0.3) is 0 Å². The highest BCUT2D eigenvalue weighted by Gasteiger charge is 2.06. The minimum atomic E-state index is 0.227. The van der Waals surface area contributed by atoms with Gasteiger partial charge in [0.1, 0.15) is 5.75 Å². The second kappa shape index (κ2) is 6.46. The number of benzene rings is 1. The van der Waals surface area contributed by atoms with E-state index in [1.165, 1.54) is 0 Å². The SMILES string of the molecule is CCC(C)Oc1cccc(Nc2nc(C)cn2CC)c1. The first kappa shape index (κ1) is 14.4. The molecule has 1 aromatic carbocycles. The van der Waals surface area contributed by atoms with Gasteiger partial charge in [-0.3, -0.25) is 0 Å². The van der Waals surface area contributed by atoms with Crippen molar-refractivity contribution < 1.29 is 4.74 Å². The van der Waals surface area contributed by atoms with E-state index in [0.717, 1.165) is 36.0 Å². The van der Waals surface area contributed by atoms with Crippen molar-refractivity contribution in [3.05, 3.63) is 36.2 Å². The van der Waals surface area contributed by atoms with Crippen molar-refractivity contribution in [2.45, 2.75) is 46.8 Å². The van der Waals surface area contributed by atoms with Crippen molar-refractivity contribution >= 4 is 11.6 Å². The van der Waals surface area contributed by atoms with Crippen LogP contribution in [-0.4, -0.2) is 15.7 Å². The van der Waals surface area contributed by atoms with Crippen LogP contribution in [0.15, 0.2) is 30.5 Å². The largest absolute Gasteiger partial charge is 0.491 e. The molecule has 0 aliphatic carbocycles. The summed E-state index contributed by atoms with van der Waals surface area (Å²) in [6.07, 6.45) is 3.27. The third-order valence-electron chi connectivity index (χ3n) is 3.24. The summed E-state index contributed by atoms with van der Waals surface area (Å²) in [4.78, 5) is 4.49. The fraction of sp³-hybridized carbons (Fsp3) is 0.438. The molecule has 2 aromatic rings. The Labute approximate surface area is 120 Å². The molecule has 0 spiro atoms. The van der Waals surface area contributed by atoms with Crippen molar-refractivity contribution in [2.24, 2.45) is 0 Å². The molecule has 0 fully saturated rings. The molecule has 1 heterocycles. The van der Waals surface area contributed by atoms with E-state index in [4.69, 9.17) is 4.74 Å². The monoisotopic (exact) mass is 273 g/mol. The van der Waals surface area contributed by atoms with Gasteiger partial charge in [0.2, 0.25) is 5.95 Å². The molecule has 108 valence electrons. The number of nitrogens with one attached hydrogen (secondary N) is 1. The van der Waals surface area contributed by atoms with Crippen LogP contribution in [-0.2, 0) is 6.54 Å². The Hall–Kier alpha value is -1.97. The highest BCUT2D eigenvalue weighted by Crippen LogP contribution is 2.22. The molecule has 20 heavy (non-hydrogen) atoms. The average molecular weight is 273 g/mol. The Balaban J connectivity index is 2.14. The summed E-state index contributed by atoms with van der Waals surface area (Å²) in [5.41, 5.74) is 2.01. The Morgan fingerprint density at radius 1 is 1.35 bits per heavy atom. The molecular weight excluding hydrogens is 250 g/mol. The molecule has 1 N–H and O–H groups in total. The van der Waals surface area contributed by atoms with Crippen molar-refractivity contribution in [2.75, 3.05) is 5.32 Å². The van der Waals surface area contributed by atoms with E-state index in [0.29, 0.717) is 0 Å². The van der Waals surface area contributed by atoms with Crippen LogP contribution < -0.4 is 10.1 Å². The zero-order valence-electron chi connectivity index (χ0n) is 12.7. The Bertz CT molecular complexity index is 563. The molecule has 0 saturated heterocycles. The maximum atomic E-state index is 5.84. The normalized spacial score (nSPS) is 12.2. The standard InChI is InChI=1S/C16H23N3O/c1-5-13(4)20-15-9-7-8-14(10-15)18-16-17-12(3)11-19(16)6-2/h7-11,13H,5-6H2,1-4H3,(H,17,18). The fourth-order valence-electron chi connectivity index (χ4n) is 1.98. The number of rotatable bonds is 6. The molecule has 1 unspecified atom stereocenters. The lowest BCUT2D eigenvalue weighted by molar-refractivity contribution is 0.217. The molecule has 0 aliphatic rings. The lowest BCUT2D eigenvalue weighted by Gasteiger charge is -2.14. The second-order valence-electron chi connectivity index (χ2n) is 4.98. The van der Waals surface area contributed by atoms with Crippen LogP contribution in [0.25, 0.3) is 0 Å². The topological polar surface area (TPSA) is 39.1 Å². The first-order chi connectivity index (χ1) is 9.62. The number of imidazole rings is 1. The summed E-state index contributed by atoms with van der Waals surface area (Å²) >= 11 is 0. The lowest BCUT2D eigenvalue weighted by atomic mass is 10.3. The predicted octanol–water partition coefficient (Wildman–Crippen LogP) is 4.13. The quantitative estimate of drug-likeness (QED) is 0.860. The van der Waals surface area contributed by atoms with Crippen LogP contribution in [0.3, 0.4) is 0 Å². The fourth-order valence-corrected chi connectivity index (χ4v) is 1.98. The number of hydrogen-bond acceptors (Lipinski definition) is 3.